The van der Waals surface area contributed by atoms with Gasteiger partial charge in [0.2, 0.25) is 0 Å². The molecular weight excluding hydrogens is 550 g/mol. The maximum Gasteiger partial charge on any atom is 0.252 e. The molecule has 1 aliphatic heterocycles. The number of ether oxygens (including phenoxy) is 2. The van der Waals surface area contributed by atoms with Gasteiger partial charge in [0.05, 0.1) is 13.4 Å². The first-order valence-corrected chi connectivity index (χ1v) is 14.4. The van der Waals surface area contributed by atoms with Crippen molar-refractivity contribution in [3.8, 4) is 5.75 Å². The Morgan fingerprint density at radius 3 is 2.67 bits per heavy atom. The molecule has 7 rings (SSSR count). The Hall–Kier alpha value is -4.52. The number of nitrogens with one attached hydrogen (secondary N) is 2. The van der Waals surface area contributed by atoms with E-state index in [4.69, 9.17) is 9.47 Å². The zero-order chi connectivity index (χ0) is 29.5. The SMILES string of the molecule is COc1ccc(Cn2cc(CCNc3ncnc4c3ncn4[C@@H]3O[C@H](C(=O)NC4CC4)[C@@H](O)[C@H]3O)c3ccccc32)cc1. The van der Waals surface area contributed by atoms with Gasteiger partial charge in [-0.15, -0.1) is 0 Å². The summed E-state index contributed by atoms with van der Waals surface area (Å²) in [6, 6.07) is 16.6. The lowest BCUT2D eigenvalue weighted by Crippen LogP contribution is -2.43. The molecule has 0 unspecified atom stereocenters. The number of carbonyl (C=O) groups excluding carboxylic acids is 1. The summed E-state index contributed by atoms with van der Waals surface area (Å²) in [6.45, 7) is 1.34. The van der Waals surface area contributed by atoms with Crippen LogP contribution in [-0.2, 0) is 22.5 Å². The first-order chi connectivity index (χ1) is 21.0. The first-order valence-electron chi connectivity index (χ1n) is 14.4. The highest BCUT2D eigenvalue weighted by Crippen LogP contribution is 2.33. The molecule has 12 nitrogen and oxygen atoms in total. The molecule has 4 atom stereocenters. The van der Waals surface area contributed by atoms with E-state index < -0.39 is 30.4 Å². The predicted molar refractivity (Wildman–Crippen MR) is 159 cm³/mol. The van der Waals surface area contributed by atoms with E-state index in [2.05, 4.69) is 66.7 Å². The number of aliphatic hydroxyl groups is 2. The molecule has 1 amide bonds. The fourth-order valence-electron chi connectivity index (χ4n) is 5.68. The maximum absolute atomic E-state index is 12.5. The molecular formula is C31H33N7O5. The number of benzene rings is 2. The summed E-state index contributed by atoms with van der Waals surface area (Å²) in [5.74, 6) is 0.951. The van der Waals surface area contributed by atoms with Gasteiger partial charge in [-0.1, -0.05) is 30.3 Å². The molecule has 43 heavy (non-hydrogen) atoms. The molecule has 12 heteroatoms. The molecule has 1 saturated heterocycles. The Balaban J connectivity index is 1.06. The number of amides is 1. The number of hydrogen-bond acceptors (Lipinski definition) is 9. The Labute approximate surface area is 247 Å². The van der Waals surface area contributed by atoms with Crippen LogP contribution in [0.5, 0.6) is 5.75 Å². The van der Waals surface area contributed by atoms with E-state index in [0.717, 1.165) is 37.1 Å². The molecule has 1 aliphatic carbocycles. The van der Waals surface area contributed by atoms with Gasteiger partial charge in [0.1, 0.15) is 24.3 Å². The third-order valence-electron chi connectivity index (χ3n) is 8.12. The number of anilines is 1. The molecule has 2 aromatic carbocycles. The van der Waals surface area contributed by atoms with Crippen LogP contribution in [0.3, 0.4) is 0 Å². The second kappa shape index (κ2) is 11.3. The maximum atomic E-state index is 12.5. The van der Waals surface area contributed by atoms with Gasteiger partial charge in [-0.2, -0.15) is 0 Å². The molecule has 4 N–H and O–H groups in total. The van der Waals surface area contributed by atoms with Crippen molar-refractivity contribution < 1.29 is 24.5 Å². The van der Waals surface area contributed by atoms with Crippen LogP contribution in [0.25, 0.3) is 22.1 Å². The molecule has 5 aromatic rings. The van der Waals surface area contributed by atoms with Crippen LogP contribution < -0.4 is 15.4 Å². The monoisotopic (exact) mass is 583 g/mol. The molecule has 2 aliphatic rings. The minimum atomic E-state index is -1.37. The van der Waals surface area contributed by atoms with E-state index in [0.29, 0.717) is 23.5 Å². The van der Waals surface area contributed by atoms with Crippen molar-refractivity contribution in [2.45, 2.75) is 56.4 Å². The number of fused-ring (bicyclic) bond motifs is 2. The summed E-state index contributed by atoms with van der Waals surface area (Å²) < 4.78 is 14.9. The van der Waals surface area contributed by atoms with Gasteiger partial charge in [0.15, 0.2) is 29.3 Å². The highest BCUT2D eigenvalue weighted by atomic mass is 16.6. The number of methoxy groups -OCH3 is 1. The van der Waals surface area contributed by atoms with E-state index in [1.807, 2.05) is 18.2 Å². The number of para-hydroxylation sites is 1. The lowest BCUT2D eigenvalue weighted by Gasteiger charge is -2.16. The Kier molecular flexibility index (Phi) is 7.17. The van der Waals surface area contributed by atoms with Gasteiger partial charge in [0.25, 0.3) is 5.91 Å². The van der Waals surface area contributed by atoms with Crippen molar-refractivity contribution in [2.24, 2.45) is 0 Å². The molecule has 0 radical (unpaired) electrons. The summed E-state index contributed by atoms with van der Waals surface area (Å²) >= 11 is 0. The van der Waals surface area contributed by atoms with Gasteiger partial charge >= 0.3 is 0 Å². The van der Waals surface area contributed by atoms with Crippen LogP contribution in [0.2, 0.25) is 0 Å². The lowest BCUT2D eigenvalue weighted by atomic mass is 10.1. The zero-order valence-corrected chi connectivity index (χ0v) is 23.6. The van der Waals surface area contributed by atoms with E-state index >= 15 is 0 Å². The summed E-state index contributed by atoms with van der Waals surface area (Å²) in [4.78, 5) is 25.8. The first kappa shape index (κ1) is 27.3. The van der Waals surface area contributed by atoms with E-state index in [-0.39, 0.29) is 6.04 Å². The smallest absolute Gasteiger partial charge is 0.252 e. The van der Waals surface area contributed by atoms with Gasteiger partial charge in [0, 0.05) is 36.2 Å². The molecule has 0 spiro atoms. The second-order valence-corrected chi connectivity index (χ2v) is 11.1. The molecule has 0 bridgehead atoms. The highest BCUT2D eigenvalue weighted by Gasteiger charge is 2.48. The number of hydrogen-bond donors (Lipinski definition) is 4. The Morgan fingerprint density at radius 1 is 1.07 bits per heavy atom. The molecule has 4 heterocycles. The fraction of sp³-hybridized carbons (Fsp3) is 0.355. The standard InChI is InChI=1S/C31H33N7O5/c1-42-21-10-6-18(7-11-21)14-37-15-19(22-4-2-3-5-23(22)37)12-13-32-28-24-29(34-16-33-28)38(17-35-24)31-26(40)25(39)27(43-31)30(41)36-20-8-9-20/h2-7,10-11,15-17,20,25-27,31,39-40H,8-9,12-14H2,1H3,(H,36,41)(H,32,33,34)/t25-,26+,27-,31+/m0/s1. The largest absolute Gasteiger partial charge is 0.497 e. The molecule has 2 fully saturated rings. The minimum absolute atomic E-state index is 0.111. The van der Waals surface area contributed by atoms with Crippen molar-refractivity contribution in [3.05, 3.63) is 78.5 Å². The Bertz CT molecular complexity index is 1760. The van der Waals surface area contributed by atoms with Crippen LogP contribution in [0, 0.1) is 0 Å². The number of nitrogens with zero attached hydrogens (tertiary/aromatic N) is 5. The molecule has 222 valence electrons. The number of aliphatic hydroxyl groups excluding tert-OH is 2. The van der Waals surface area contributed by atoms with Crippen molar-refractivity contribution in [1.29, 1.82) is 0 Å². The van der Waals surface area contributed by atoms with Crippen LogP contribution in [0.1, 0.15) is 30.2 Å². The fourth-order valence-corrected chi connectivity index (χ4v) is 5.68. The predicted octanol–water partition coefficient (Wildman–Crippen LogP) is 2.39. The normalized spacial score (nSPS) is 21.8. The van der Waals surface area contributed by atoms with Gasteiger partial charge < -0.3 is 34.9 Å². The van der Waals surface area contributed by atoms with Crippen molar-refractivity contribution in [3.63, 3.8) is 0 Å². The van der Waals surface area contributed by atoms with Crippen molar-refractivity contribution in [2.75, 3.05) is 19.0 Å². The highest BCUT2D eigenvalue weighted by molar-refractivity contribution is 5.85. The van der Waals surface area contributed by atoms with E-state index in [9.17, 15) is 15.0 Å². The zero-order valence-electron chi connectivity index (χ0n) is 23.6. The number of aromatic nitrogens is 5. The lowest BCUT2D eigenvalue weighted by molar-refractivity contribution is -0.137. The molecule has 3 aromatic heterocycles. The number of carbonyl (C=O) groups is 1. The average Bonchev–Trinajstić information content (AvgIpc) is 3.52. The number of imidazole rings is 1. The van der Waals surface area contributed by atoms with E-state index in [1.54, 1.807) is 7.11 Å². The minimum Gasteiger partial charge on any atom is -0.497 e. The average molecular weight is 584 g/mol. The second-order valence-electron chi connectivity index (χ2n) is 11.1. The summed E-state index contributed by atoms with van der Waals surface area (Å²) in [6.07, 6.45) is 2.77. The summed E-state index contributed by atoms with van der Waals surface area (Å²) in [5, 5.41) is 28.7. The van der Waals surface area contributed by atoms with Crippen LogP contribution in [-0.4, -0.2) is 78.2 Å². The topological polar surface area (TPSA) is 149 Å². The van der Waals surface area contributed by atoms with Crippen LogP contribution in [0.4, 0.5) is 5.82 Å². The van der Waals surface area contributed by atoms with Crippen LogP contribution >= 0.6 is 0 Å². The molecule has 1 saturated carbocycles. The van der Waals surface area contributed by atoms with Crippen LogP contribution in [0.15, 0.2) is 67.4 Å². The quantitative estimate of drug-likeness (QED) is 0.194. The third kappa shape index (κ3) is 5.29. The van der Waals surface area contributed by atoms with Crippen molar-refractivity contribution in [1.82, 2.24) is 29.4 Å². The third-order valence-corrected chi connectivity index (χ3v) is 8.12. The Morgan fingerprint density at radius 2 is 1.88 bits per heavy atom. The van der Waals surface area contributed by atoms with Gasteiger partial charge in [-0.3, -0.25) is 9.36 Å². The van der Waals surface area contributed by atoms with Crippen molar-refractivity contribution >= 4 is 33.8 Å². The summed E-state index contributed by atoms with van der Waals surface area (Å²) in [5.41, 5.74) is 4.48. The van der Waals surface area contributed by atoms with E-state index in [1.165, 1.54) is 33.7 Å². The summed E-state index contributed by atoms with van der Waals surface area (Å²) in [7, 11) is 1.67. The van der Waals surface area contributed by atoms with Gasteiger partial charge in [-0.25, -0.2) is 15.0 Å². The van der Waals surface area contributed by atoms with Gasteiger partial charge in [-0.05, 0) is 48.6 Å². The number of rotatable bonds is 10.